The van der Waals surface area contributed by atoms with E-state index >= 15 is 0 Å². The number of hydrogen-bond acceptors (Lipinski definition) is 3. The zero-order valence-corrected chi connectivity index (χ0v) is 17.2. The van der Waals surface area contributed by atoms with Crippen molar-refractivity contribution in [3.63, 3.8) is 0 Å². The predicted molar refractivity (Wildman–Crippen MR) is 116 cm³/mol. The molecule has 156 valence electrons. The SMILES string of the molecule is O=C1Cc2cc(CCN3CCC(C4=CNC5C=C(F)C=CC45)CC3)cc3c2N1CC3. The van der Waals surface area contributed by atoms with Gasteiger partial charge in [0.15, 0.2) is 0 Å². The summed E-state index contributed by atoms with van der Waals surface area (Å²) in [6.45, 7) is 4.19. The third kappa shape index (κ3) is 3.02. The first-order chi connectivity index (χ1) is 14.7. The highest BCUT2D eigenvalue weighted by Crippen LogP contribution is 2.39. The lowest BCUT2D eigenvalue weighted by Crippen LogP contribution is -2.36. The maximum atomic E-state index is 13.5. The summed E-state index contributed by atoms with van der Waals surface area (Å²) >= 11 is 0. The van der Waals surface area contributed by atoms with E-state index in [2.05, 4.69) is 28.5 Å². The van der Waals surface area contributed by atoms with Gasteiger partial charge >= 0.3 is 0 Å². The van der Waals surface area contributed by atoms with Crippen LogP contribution < -0.4 is 10.2 Å². The molecule has 30 heavy (non-hydrogen) atoms. The molecule has 6 rings (SSSR count). The summed E-state index contributed by atoms with van der Waals surface area (Å²) in [5.74, 6) is 1.06. The molecular formula is C25H28FN3O. The Morgan fingerprint density at radius 3 is 2.83 bits per heavy atom. The van der Waals surface area contributed by atoms with Crippen molar-refractivity contribution in [1.82, 2.24) is 10.2 Å². The molecule has 5 aliphatic rings. The van der Waals surface area contributed by atoms with Crippen molar-refractivity contribution < 1.29 is 9.18 Å². The van der Waals surface area contributed by atoms with Gasteiger partial charge in [0.2, 0.25) is 5.91 Å². The lowest BCUT2D eigenvalue weighted by atomic mass is 9.80. The van der Waals surface area contributed by atoms with Gasteiger partial charge in [-0.2, -0.15) is 0 Å². The average Bonchev–Trinajstić information content (AvgIpc) is 3.44. The maximum absolute atomic E-state index is 13.5. The molecular weight excluding hydrogens is 377 g/mol. The van der Waals surface area contributed by atoms with Gasteiger partial charge in [-0.25, -0.2) is 4.39 Å². The summed E-state index contributed by atoms with van der Waals surface area (Å²) in [7, 11) is 0. The molecule has 0 aromatic heterocycles. The molecule has 5 heteroatoms. The first kappa shape index (κ1) is 18.4. The van der Waals surface area contributed by atoms with E-state index in [4.69, 9.17) is 0 Å². The Morgan fingerprint density at radius 1 is 1.13 bits per heavy atom. The highest BCUT2D eigenvalue weighted by atomic mass is 19.1. The van der Waals surface area contributed by atoms with Gasteiger partial charge in [-0.3, -0.25) is 4.79 Å². The van der Waals surface area contributed by atoms with Crippen molar-refractivity contribution in [2.24, 2.45) is 11.8 Å². The van der Waals surface area contributed by atoms with Gasteiger partial charge in [-0.05, 0) is 85.3 Å². The van der Waals surface area contributed by atoms with Gasteiger partial charge in [0, 0.05) is 19.0 Å². The van der Waals surface area contributed by atoms with Crippen LogP contribution >= 0.6 is 0 Å². The van der Waals surface area contributed by atoms with Crippen LogP contribution in [0.2, 0.25) is 0 Å². The van der Waals surface area contributed by atoms with Crippen LogP contribution in [-0.4, -0.2) is 43.0 Å². The van der Waals surface area contributed by atoms with E-state index in [0.29, 0.717) is 18.3 Å². The fourth-order valence-corrected chi connectivity index (χ4v) is 6.07. The third-order valence-corrected chi connectivity index (χ3v) is 7.64. The monoisotopic (exact) mass is 405 g/mol. The minimum Gasteiger partial charge on any atom is -0.384 e. The molecule has 1 aromatic carbocycles. The van der Waals surface area contributed by atoms with E-state index in [-0.39, 0.29) is 17.8 Å². The number of allylic oxidation sites excluding steroid dienone is 2. The molecule has 1 aromatic rings. The van der Waals surface area contributed by atoms with Crippen molar-refractivity contribution in [3.8, 4) is 0 Å². The van der Waals surface area contributed by atoms with Crippen LogP contribution in [-0.2, 0) is 24.1 Å². The van der Waals surface area contributed by atoms with Crippen molar-refractivity contribution >= 4 is 11.6 Å². The molecule has 1 fully saturated rings. The van der Waals surface area contributed by atoms with Gasteiger partial charge < -0.3 is 15.1 Å². The molecule has 0 radical (unpaired) electrons. The number of benzene rings is 1. The second-order valence-corrected chi connectivity index (χ2v) is 9.37. The van der Waals surface area contributed by atoms with E-state index in [9.17, 15) is 9.18 Å². The molecule has 0 spiro atoms. The van der Waals surface area contributed by atoms with E-state index < -0.39 is 0 Å². The maximum Gasteiger partial charge on any atom is 0.231 e. The highest BCUT2D eigenvalue weighted by Gasteiger charge is 2.35. The number of anilines is 1. The van der Waals surface area contributed by atoms with Gasteiger partial charge in [0.05, 0.1) is 18.2 Å². The molecule has 1 N–H and O–H groups in total. The number of halogens is 1. The normalized spacial score (nSPS) is 27.8. The molecule has 1 amide bonds. The number of amides is 1. The quantitative estimate of drug-likeness (QED) is 0.835. The molecule has 4 heterocycles. The Kier molecular flexibility index (Phi) is 4.34. The Bertz CT molecular complexity index is 986. The van der Waals surface area contributed by atoms with Crippen LogP contribution in [0.25, 0.3) is 0 Å². The Balaban J connectivity index is 1.05. The van der Waals surface area contributed by atoms with Crippen LogP contribution in [0.15, 0.2) is 48.0 Å². The predicted octanol–water partition coefficient (Wildman–Crippen LogP) is 3.28. The topological polar surface area (TPSA) is 35.6 Å². The number of hydrogen-bond donors (Lipinski definition) is 1. The second kappa shape index (κ2) is 7.09. The summed E-state index contributed by atoms with van der Waals surface area (Å²) in [5, 5.41) is 3.36. The van der Waals surface area contributed by atoms with E-state index in [1.54, 1.807) is 12.2 Å². The number of likely N-dealkylation sites (tertiary alicyclic amines) is 1. The number of rotatable bonds is 4. The Hall–Kier alpha value is -2.40. The van der Waals surface area contributed by atoms with Gasteiger partial charge in [0.25, 0.3) is 0 Å². The van der Waals surface area contributed by atoms with Crippen LogP contribution in [0.3, 0.4) is 0 Å². The van der Waals surface area contributed by atoms with Crippen molar-refractivity contribution in [2.45, 2.75) is 38.1 Å². The van der Waals surface area contributed by atoms with Crippen molar-refractivity contribution in [3.05, 3.63) is 64.7 Å². The largest absolute Gasteiger partial charge is 0.384 e. The van der Waals surface area contributed by atoms with Crippen molar-refractivity contribution in [2.75, 3.05) is 31.1 Å². The number of carbonyl (C=O) groups is 1. The first-order valence-electron chi connectivity index (χ1n) is 11.3. The van der Waals surface area contributed by atoms with E-state index in [0.717, 1.165) is 39.0 Å². The van der Waals surface area contributed by atoms with Gasteiger partial charge in [-0.1, -0.05) is 18.2 Å². The molecule has 0 bridgehead atoms. The van der Waals surface area contributed by atoms with E-state index in [1.165, 1.54) is 40.8 Å². The molecule has 2 atom stereocenters. The summed E-state index contributed by atoms with van der Waals surface area (Å²) in [4.78, 5) is 16.7. The Morgan fingerprint density at radius 2 is 1.97 bits per heavy atom. The second-order valence-electron chi connectivity index (χ2n) is 9.37. The third-order valence-electron chi connectivity index (χ3n) is 7.64. The van der Waals surface area contributed by atoms with Crippen molar-refractivity contribution in [1.29, 1.82) is 0 Å². The van der Waals surface area contributed by atoms with E-state index in [1.807, 2.05) is 11.0 Å². The zero-order valence-electron chi connectivity index (χ0n) is 17.2. The van der Waals surface area contributed by atoms with Crippen LogP contribution in [0.4, 0.5) is 10.1 Å². The minimum absolute atomic E-state index is 0.0995. The number of piperidine rings is 1. The lowest BCUT2D eigenvalue weighted by Gasteiger charge is -2.34. The average molecular weight is 406 g/mol. The first-order valence-corrected chi connectivity index (χ1v) is 11.3. The minimum atomic E-state index is -0.129. The molecule has 2 unspecified atom stereocenters. The standard InChI is InChI=1S/C25H28FN3O/c26-20-1-2-21-22(15-27-23(21)14-20)17-4-8-28(9-5-17)7-3-16-11-18-6-10-29-24(30)13-19(12-16)25(18)29/h1-2,11-12,14-15,17,21,23,27H,3-10,13H2. The Labute approximate surface area is 177 Å². The number of nitrogens with one attached hydrogen (secondary N) is 1. The summed E-state index contributed by atoms with van der Waals surface area (Å²) in [6, 6.07) is 4.70. The molecule has 4 aliphatic heterocycles. The lowest BCUT2D eigenvalue weighted by molar-refractivity contribution is -0.117. The van der Waals surface area contributed by atoms with Crippen LogP contribution in [0.1, 0.15) is 29.5 Å². The van der Waals surface area contributed by atoms with Crippen LogP contribution in [0.5, 0.6) is 0 Å². The molecule has 0 saturated carbocycles. The zero-order chi connectivity index (χ0) is 20.2. The fraction of sp³-hybridized carbons (Fsp3) is 0.480. The summed E-state index contributed by atoms with van der Waals surface area (Å²) < 4.78 is 13.5. The molecule has 1 aliphatic carbocycles. The smallest absolute Gasteiger partial charge is 0.231 e. The summed E-state index contributed by atoms with van der Waals surface area (Å²) in [5.41, 5.74) is 6.66. The highest BCUT2D eigenvalue weighted by molar-refractivity contribution is 6.03. The summed E-state index contributed by atoms with van der Waals surface area (Å²) in [6.07, 6.45) is 12.5. The fourth-order valence-electron chi connectivity index (χ4n) is 6.07. The molecule has 1 saturated heterocycles. The van der Waals surface area contributed by atoms with Gasteiger partial charge in [0.1, 0.15) is 5.83 Å². The number of fused-ring (bicyclic) bond motifs is 1. The van der Waals surface area contributed by atoms with Gasteiger partial charge in [-0.15, -0.1) is 0 Å². The number of carbonyl (C=O) groups excluding carboxylic acids is 1. The molecule has 4 nitrogen and oxygen atoms in total. The van der Waals surface area contributed by atoms with Crippen LogP contribution in [0, 0.1) is 11.8 Å². The number of nitrogens with zero attached hydrogens (tertiary/aromatic N) is 2.